The smallest absolute Gasteiger partial charge is 0.349 e. The number of anilines is 1. The standard InChI is InChI=1S/C41H44FN3O9/c1-27-24-45(40(50)44-38(27)43-39(49)28-10-6-4-7-11-28)34(25-46)37(53-23-22-42)36(48)35(47)26-54-41(29-12-8-5-9-13-29,30-14-18-32(51-2)19-15-30)31-16-20-33(52-3)21-17-31/h4-21,24,34-37,46-48H,22-23,25-26H2,1-3H3,(H,43,44,49,50)/t34-,35-,36-,37+/m1/s1. The number of methoxy groups -OCH3 is 2. The van der Waals surface area contributed by atoms with E-state index in [1.54, 1.807) is 75.7 Å². The summed E-state index contributed by atoms with van der Waals surface area (Å²) in [6.45, 7) is -1.11. The van der Waals surface area contributed by atoms with Crippen LogP contribution in [0.25, 0.3) is 0 Å². The molecule has 0 unspecified atom stereocenters. The van der Waals surface area contributed by atoms with Crippen LogP contribution in [0, 0.1) is 6.92 Å². The Morgan fingerprint density at radius 3 is 1.91 bits per heavy atom. The van der Waals surface area contributed by atoms with Gasteiger partial charge in [-0.05, 0) is 60.0 Å². The zero-order valence-corrected chi connectivity index (χ0v) is 30.2. The predicted octanol–water partition coefficient (Wildman–Crippen LogP) is 4.44. The second-order valence-electron chi connectivity index (χ2n) is 12.4. The number of alkyl halides is 1. The zero-order chi connectivity index (χ0) is 38.7. The molecule has 1 heterocycles. The van der Waals surface area contributed by atoms with Gasteiger partial charge < -0.3 is 39.6 Å². The predicted molar refractivity (Wildman–Crippen MR) is 200 cm³/mol. The quantitative estimate of drug-likeness (QED) is 0.0946. The van der Waals surface area contributed by atoms with Crippen molar-refractivity contribution in [1.82, 2.24) is 9.55 Å². The molecule has 0 aliphatic rings. The van der Waals surface area contributed by atoms with Crippen LogP contribution in [-0.2, 0) is 15.1 Å². The highest BCUT2D eigenvalue weighted by Gasteiger charge is 2.41. The number of halogens is 1. The van der Waals surface area contributed by atoms with Gasteiger partial charge in [-0.1, -0.05) is 72.8 Å². The zero-order valence-electron chi connectivity index (χ0n) is 30.2. The van der Waals surface area contributed by atoms with Crippen LogP contribution in [-0.4, -0.2) is 89.8 Å². The maximum atomic E-state index is 13.5. The summed E-state index contributed by atoms with van der Waals surface area (Å²) in [5, 5.41) is 36.4. The van der Waals surface area contributed by atoms with Gasteiger partial charge in [-0.15, -0.1) is 0 Å². The monoisotopic (exact) mass is 741 g/mol. The van der Waals surface area contributed by atoms with Crippen molar-refractivity contribution >= 4 is 11.7 Å². The molecule has 13 heteroatoms. The van der Waals surface area contributed by atoms with E-state index in [1.807, 2.05) is 54.6 Å². The molecular formula is C41H44FN3O9. The van der Waals surface area contributed by atoms with Crippen LogP contribution >= 0.6 is 0 Å². The number of carbonyl (C=O) groups is 1. The molecule has 54 heavy (non-hydrogen) atoms. The molecule has 0 radical (unpaired) electrons. The van der Waals surface area contributed by atoms with Gasteiger partial charge in [-0.3, -0.25) is 9.36 Å². The maximum Gasteiger partial charge on any atom is 0.349 e. The highest BCUT2D eigenvalue weighted by molar-refractivity contribution is 6.04. The number of aliphatic hydroxyl groups excluding tert-OH is 3. The van der Waals surface area contributed by atoms with Crippen molar-refractivity contribution in [1.29, 1.82) is 0 Å². The summed E-state index contributed by atoms with van der Waals surface area (Å²) in [5.74, 6) is 0.729. The summed E-state index contributed by atoms with van der Waals surface area (Å²) in [4.78, 5) is 30.2. The van der Waals surface area contributed by atoms with E-state index >= 15 is 0 Å². The average Bonchev–Trinajstić information content (AvgIpc) is 3.21. The molecule has 1 amide bonds. The molecule has 4 aromatic carbocycles. The number of aliphatic hydroxyl groups is 3. The summed E-state index contributed by atoms with van der Waals surface area (Å²) < 4.78 is 37.7. The minimum atomic E-state index is -1.81. The first-order chi connectivity index (χ1) is 26.2. The fraction of sp³-hybridized carbons (Fsp3) is 0.293. The minimum Gasteiger partial charge on any atom is -0.497 e. The van der Waals surface area contributed by atoms with E-state index in [9.17, 15) is 29.3 Å². The number of carbonyl (C=O) groups excluding carboxylic acids is 1. The summed E-state index contributed by atoms with van der Waals surface area (Å²) >= 11 is 0. The van der Waals surface area contributed by atoms with Crippen LogP contribution in [0.1, 0.15) is 38.7 Å². The molecule has 5 rings (SSSR count). The van der Waals surface area contributed by atoms with E-state index in [1.165, 1.54) is 6.20 Å². The number of aromatic nitrogens is 2. The van der Waals surface area contributed by atoms with E-state index in [-0.39, 0.29) is 5.82 Å². The molecule has 0 saturated carbocycles. The number of aryl methyl sites for hydroxylation is 1. The van der Waals surface area contributed by atoms with Crippen LogP contribution in [0.3, 0.4) is 0 Å². The first-order valence-corrected chi connectivity index (χ1v) is 17.3. The van der Waals surface area contributed by atoms with Crippen LogP contribution < -0.4 is 20.5 Å². The van der Waals surface area contributed by atoms with Crippen LogP contribution in [0.4, 0.5) is 10.2 Å². The average molecular weight is 742 g/mol. The van der Waals surface area contributed by atoms with Gasteiger partial charge in [-0.2, -0.15) is 4.98 Å². The second-order valence-corrected chi connectivity index (χ2v) is 12.4. The Kier molecular flexibility index (Phi) is 13.7. The van der Waals surface area contributed by atoms with Gasteiger partial charge in [0.05, 0.1) is 40.1 Å². The summed E-state index contributed by atoms with van der Waals surface area (Å²) in [6, 6.07) is 30.8. The lowest BCUT2D eigenvalue weighted by Gasteiger charge is -2.38. The second kappa shape index (κ2) is 18.5. The number of rotatable bonds is 18. The highest BCUT2D eigenvalue weighted by atomic mass is 19.1. The van der Waals surface area contributed by atoms with E-state index in [0.717, 1.165) is 4.57 Å². The van der Waals surface area contributed by atoms with Crippen LogP contribution in [0.2, 0.25) is 0 Å². The third-order valence-electron chi connectivity index (χ3n) is 9.09. The van der Waals surface area contributed by atoms with Gasteiger partial charge in [0, 0.05) is 17.3 Å². The number of benzene rings is 4. The number of amides is 1. The number of nitrogens with one attached hydrogen (secondary N) is 1. The third kappa shape index (κ3) is 8.84. The van der Waals surface area contributed by atoms with Crippen molar-refractivity contribution < 1.29 is 43.5 Å². The number of ether oxygens (including phenoxy) is 4. The first-order valence-electron chi connectivity index (χ1n) is 17.3. The van der Waals surface area contributed by atoms with Gasteiger partial charge in [0.25, 0.3) is 5.91 Å². The van der Waals surface area contributed by atoms with E-state index < -0.39 is 68.0 Å². The van der Waals surface area contributed by atoms with Crippen molar-refractivity contribution in [3.63, 3.8) is 0 Å². The maximum absolute atomic E-state index is 13.5. The highest BCUT2D eigenvalue weighted by Crippen LogP contribution is 2.42. The molecule has 1 aromatic heterocycles. The Bertz CT molecular complexity index is 1950. The van der Waals surface area contributed by atoms with Crippen molar-refractivity contribution in [2.24, 2.45) is 0 Å². The number of hydrogen-bond donors (Lipinski definition) is 4. The molecule has 5 aromatic rings. The van der Waals surface area contributed by atoms with E-state index in [0.29, 0.717) is 39.3 Å². The molecule has 0 saturated heterocycles. The molecule has 0 bridgehead atoms. The summed E-state index contributed by atoms with van der Waals surface area (Å²) in [6.07, 6.45) is -3.66. The minimum absolute atomic E-state index is 0.00804. The van der Waals surface area contributed by atoms with Gasteiger partial charge in [0.1, 0.15) is 47.9 Å². The normalized spacial score (nSPS) is 13.8. The SMILES string of the molecule is COc1ccc(C(OC[C@@H](O)[C@@H](O)[C@@H](OCCF)[C@@H](CO)n2cc(C)c(NC(=O)c3ccccc3)nc2=O)(c2ccccc2)c2ccc(OC)cc2)cc1. The van der Waals surface area contributed by atoms with Gasteiger partial charge in [0.2, 0.25) is 0 Å². The molecule has 0 aliphatic heterocycles. The molecule has 0 aliphatic carbocycles. The summed E-state index contributed by atoms with van der Waals surface area (Å²) in [7, 11) is 3.11. The van der Waals surface area contributed by atoms with Gasteiger partial charge >= 0.3 is 5.69 Å². The van der Waals surface area contributed by atoms with Crippen LogP contribution in [0.5, 0.6) is 11.5 Å². The Hall–Kier alpha value is -5.44. The van der Waals surface area contributed by atoms with Crippen molar-refractivity contribution in [2.75, 3.05) is 46.0 Å². The van der Waals surface area contributed by atoms with Crippen LogP contribution in [0.15, 0.2) is 120 Å². The van der Waals surface area contributed by atoms with Crippen molar-refractivity contribution in [3.8, 4) is 11.5 Å². The Morgan fingerprint density at radius 2 is 1.39 bits per heavy atom. The van der Waals surface area contributed by atoms with E-state index in [4.69, 9.17) is 18.9 Å². The molecule has 4 N–H and O–H groups in total. The summed E-state index contributed by atoms with van der Waals surface area (Å²) in [5.41, 5.74) is 0.520. The Balaban J connectivity index is 1.48. The molecule has 12 nitrogen and oxygen atoms in total. The fourth-order valence-corrected chi connectivity index (χ4v) is 6.27. The van der Waals surface area contributed by atoms with Gasteiger partial charge in [0.15, 0.2) is 0 Å². The number of nitrogens with zero attached hydrogens (tertiary/aromatic N) is 2. The molecule has 0 spiro atoms. The first kappa shape index (κ1) is 39.8. The topological polar surface area (TPSA) is 162 Å². The third-order valence-corrected chi connectivity index (χ3v) is 9.09. The lowest BCUT2D eigenvalue weighted by Crippen LogP contribution is -2.50. The largest absolute Gasteiger partial charge is 0.497 e. The molecule has 0 fully saturated rings. The van der Waals surface area contributed by atoms with E-state index in [2.05, 4.69) is 10.3 Å². The molecule has 284 valence electrons. The molecular weight excluding hydrogens is 697 g/mol. The fourth-order valence-electron chi connectivity index (χ4n) is 6.27. The lowest BCUT2D eigenvalue weighted by molar-refractivity contribution is -0.142. The van der Waals surface area contributed by atoms with Crippen molar-refractivity contribution in [3.05, 3.63) is 154 Å². The Morgan fingerprint density at radius 1 is 0.852 bits per heavy atom. The number of hydrogen-bond acceptors (Lipinski definition) is 10. The lowest BCUT2D eigenvalue weighted by atomic mass is 9.80. The Labute approximate surface area is 312 Å². The molecule has 4 atom stereocenters. The van der Waals surface area contributed by atoms with Crippen molar-refractivity contribution in [2.45, 2.75) is 36.9 Å². The van der Waals surface area contributed by atoms with Gasteiger partial charge in [-0.25, -0.2) is 9.18 Å².